The second kappa shape index (κ2) is 9.39. The lowest BCUT2D eigenvalue weighted by Gasteiger charge is -2.11. The summed E-state index contributed by atoms with van der Waals surface area (Å²) in [4.78, 5) is 30.7. The third kappa shape index (κ3) is 4.87. The minimum absolute atomic E-state index is 0.228. The maximum Gasteiger partial charge on any atom is 0.374 e. The predicted octanol–water partition coefficient (Wildman–Crippen LogP) is 3.85. The summed E-state index contributed by atoms with van der Waals surface area (Å²) in [6.45, 7) is -0.295. The Balaban J connectivity index is 1.47. The van der Waals surface area contributed by atoms with Crippen LogP contribution in [-0.2, 0) is 4.79 Å². The number of nitro groups is 1. The van der Waals surface area contributed by atoms with Crippen LogP contribution in [0.5, 0.6) is 17.4 Å². The number of nitrogens with one attached hydrogen (secondary N) is 2. The number of aromatic nitrogens is 2. The van der Waals surface area contributed by atoms with Crippen molar-refractivity contribution in [1.29, 1.82) is 0 Å². The Morgan fingerprint density at radius 3 is 2.47 bits per heavy atom. The molecule has 0 radical (unpaired) electrons. The van der Waals surface area contributed by atoms with E-state index in [1.54, 1.807) is 36.4 Å². The van der Waals surface area contributed by atoms with E-state index in [9.17, 15) is 14.9 Å². The summed E-state index contributed by atoms with van der Waals surface area (Å²) in [5.74, 6) is -0.163. The Bertz CT molecular complexity index is 1270. The van der Waals surface area contributed by atoms with E-state index in [1.165, 1.54) is 0 Å². The highest BCUT2D eigenvalue weighted by Gasteiger charge is 2.25. The summed E-state index contributed by atoms with van der Waals surface area (Å²) in [6.07, 6.45) is 1.10. The zero-order valence-electron chi connectivity index (χ0n) is 16.6. The molecule has 3 aromatic carbocycles. The van der Waals surface area contributed by atoms with Gasteiger partial charge in [0.2, 0.25) is 5.82 Å². The molecule has 1 aromatic heterocycles. The first-order valence-corrected chi connectivity index (χ1v) is 9.49. The number of anilines is 1. The molecule has 0 atom stereocenters. The molecule has 1 heterocycles. The number of carbonyl (C=O) groups excluding carboxylic acids is 1. The normalized spacial score (nSPS) is 10.4. The van der Waals surface area contributed by atoms with Gasteiger partial charge in [-0.25, -0.2) is 4.98 Å². The Hall–Kier alpha value is -4.73. The van der Waals surface area contributed by atoms with Gasteiger partial charge in [0.15, 0.2) is 6.61 Å². The van der Waals surface area contributed by atoms with E-state index < -0.39 is 16.5 Å². The van der Waals surface area contributed by atoms with Gasteiger partial charge in [0.25, 0.3) is 5.91 Å². The molecule has 0 bridgehead atoms. The third-order valence-corrected chi connectivity index (χ3v) is 4.34. The number of ether oxygens (including phenoxy) is 2. The van der Waals surface area contributed by atoms with Gasteiger partial charge in [0.1, 0.15) is 17.8 Å². The van der Waals surface area contributed by atoms with Crippen LogP contribution in [-0.4, -0.2) is 27.4 Å². The summed E-state index contributed by atoms with van der Waals surface area (Å²) in [7, 11) is 0. The topological polar surface area (TPSA) is 129 Å². The molecule has 2 N–H and O–H groups in total. The first-order chi connectivity index (χ1) is 15.6. The summed E-state index contributed by atoms with van der Waals surface area (Å²) in [5.41, 5.74) is 4.23. The Labute approximate surface area is 182 Å². The molecule has 0 saturated heterocycles. The monoisotopic (exact) mass is 431 g/mol. The molecule has 10 nitrogen and oxygen atoms in total. The van der Waals surface area contributed by atoms with Gasteiger partial charge in [-0.05, 0) is 35.0 Å². The Morgan fingerprint density at radius 1 is 0.938 bits per heavy atom. The molecule has 0 fully saturated rings. The van der Waals surface area contributed by atoms with Crippen LogP contribution in [0.15, 0.2) is 79.1 Å². The van der Waals surface area contributed by atoms with Crippen molar-refractivity contribution in [2.75, 3.05) is 12.0 Å². The molecule has 0 spiro atoms. The van der Waals surface area contributed by atoms with Gasteiger partial charge in [-0.1, -0.05) is 48.5 Å². The number of hydrogen-bond acceptors (Lipinski definition) is 8. The number of rotatable bonds is 8. The standard InChI is InChI=1S/C22H17N5O5/c28-19(13-31-17-8-2-1-3-9-17)25-26-21-20(27(29)30)22(24-14-23-21)32-18-11-10-15-6-4-5-7-16(15)12-18/h1-12,14H,13H2,(H,25,28)(H,23,24,26). The summed E-state index contributed by atoms with van der Waals surface area (Å²) < 4.78 is 11.0. The Morgan fingerprint density at radius 2 is 1.69 bits per heavy atom. The number of amides is 1. The SMILES string of the molecule is O=C(COc1ccccc1)NNc1ncnc(Oc2ccc3ccccc3c2)c1[N+](=O)[O-]. The maximum atomic E-state index is 12.0. The van der Waals surface area contributed by atoms with Crippen LogP contribution in [0.3, 0.4) is 0 Å². The number of nitrogens with zero attached hydrogens (tertiary/aromatic N) is 3. The molecular weight excluding hydrogens is 414 g/mol. The summed E-state index contributed by atoms with van der Waals surface area (Å²) >= 11 is 0. The fourth-order valence-corrected chi connectivity index (χ4v) is 2.87. The van der Waals surface area contributed by atoms with Crippen molar-refractivity contribution in [1.82, 2.24) is 15.4 Å². The van der Waals surface area contributed by atoms with E-state index >= 15 is 0 Å². The lowest BCUT2D eigenvalue weighted by Crippen LogP contribution is -2.34. The number of para-hydroxylation sites is 1. The molecule has 0 aliphatic heterocycles. The van der Waals surface area contributed by atoms with Gasteiger partial charge in [0.05, 0.1) is 4.92 Å². The van der Waals surface area contributed by atoms with Gasteiger partial charge in [-0.2, -0.15) is 4.98 Å². The van der Waals surface area contributed by atoms with Crippen LogP contribution in [0.1, 0.15) is 0 Å². The van der Waals surface area contributed by atoms with Crippen LogP contribution < -0.4 is 20.3 Å². The summed E-state index contributed by atoms with van der Waals surface area (Å²) in [6, 6.07) is 21.7. The lowest BCUT2D eigenvalue weighted by atomic mass is 10.1. The van der Waals surface area contributed by atoms with Crippen molar-refractivity contribution < 1.29 is 19.2 Å². The minimum Gasteiger partial charge on any atom is -0.484 e. The van der Waals surface area contributed by atoms with Crippen LogP contribution in [0.2, 0.25) is 0 Å². The first-order valence-electron chi connectivity index (χ1n) is 9.49. The van der Waals surface area contributed by atoms with Crippen LogP contribution in [0, 0.1) is 10.1 Å². The molecule has 1 amide bonds. The van der Waals surface area contributed by atoms with Crippen LogP contribution in [0.25, 0.3) is 10.8 Å². The highest BCUT2D eigenvalue weighted by Crippen LogP contribution is 2.34. The fraction of sp³-hybridized carbons (Fsp3) is 0.0455. The van der Waals surface area contributed by atoms with Gasteiger partial charge in [-0.15, -0.1) is 0 Å². The first kappa shape index (κ1) is 20.5. The molecule has 160 valence electrons. The van der Waals surface area contributed by atoms with E-state index in [4.69, 9.17) is 9.47 Å². The zero-order chi connectivity index (χ0) is 22.3. The Kier molecular flexibility index (Phi) is 6.03. The van der Waals surface area contributed by atoms with Gasteiger partial charge < -0.3 is 9.47 Å². The van der Waals surface area contributed by atoms with Gasteiger partial charge in [-0.3, -0.25) is 25.8 Å². The van der Waals surface area contributed by atoms with E-state index in [1.807, 2.05) is 36.4 Å². The maximum absolute atomic E-state index is 12.0. The molecule has 10 heteroatoms. The average Bonchev–Trinajstić information content (AvgIpc) is 2.82. The van der Waals surface area contributed by atoms with Crippen molar-refractivity contribution in [3.05, 3.63) is 89.2 Å². The van der Waals surface area contributed by atoms with Crippen LogP contribution >= 0.6 is 0 Å². The molecule has 32 heavy (non-hydrogen) atoms. The molecule has 0 unspecified atom stereocenters. The molecule has 4 aromatic rings. The summed E-state index contributed by atoms with van der Waals surface area (Å²) in [5, 5.41) is 13.6. The fourth-order valence-electron chi connectivity index (χ4n) is 2.87. The van der Waals surface area contributed by atoms with Crippen molar-refractivity contribution in [3.63, 3.8) is 0 Å². The second-order valence-corrected chi connectivity index (χ2v) is 6.52. The smallest absolute Gasteiger partial charge is 0.374 e. The average molecular weight is 431 g/mol. The number of benzene rings is 3. The van der Waals surface area contributed by atoms with E-state index in [0.717, 1.165) is 17.1 Å². The zero-order valence-corrected chi connectivity index (χ0v) is 16.6. The number of hydrogen-bond donors (Lipinski definition) is 2. The van der Waals surface area contributed by atoms with E-state index in [0.29, 0.717) is 11.5 Å². The van der Waals surface area contributed by atoms with Crippen molar-refractivity contribution >= 4 is 28.2 Å². The van der Waals surface area contributed by atoms with Gasteiger partial charge in [0, 0.05) is 0 Å². The number of hydrazine groups is 1. The van der Waals surface area contributed by atoms with Crippen LogP contribution in [0.4, 0.5) is 11.5 Å². The quantitative estimate of drug-likeness (QED) is 0.318. The van der Waals surface area contributed by atoms with Gasteiger partial charge >= 0.3 is 11.6 Å². The van der Waals surface area contributed by atoms with Crippen molar-refractivity contribution in [2.45, 2.75) is 0 Å². The third-order valence-electron chi connectivity index (χ3n) is 4.34. The lowest BCUT2D eigenvalue weighted by molar-refractivity contribution is -0.385. The molecule has 0 saturated carbocycles. The largest absolute Gasteiger partial charge is 0.484 e. The highest BCUT2D eigenvalue weighted by atomic mass is 16.6. The van der Waals surface area contributed by atoms with E-state index in [-0.39, 0.29) is 18.3 Å². The van der Waals surface area contributed by atoms with Crippen molar-refractivity contribution in [2.24, 2.45) is 0 Å². The number of fused-ring (bicyclic) bond motifs is 1. The predicted molar refractivity (Wildman–Crippen MR) is 116 cm³/mol. The molecule has 0 aliphatic carbocycles. The molecule has 4 rings (SSSR count). The highest BCUT2D eigenvalue weighted by molar-refractivity contribution is 5.84. The minimum atomic E-state index is -0.689. The van der Waals surface area contributed by atoms with E-state index in [2.05, 4.69) is 20.8 Å². The molecular formula is C22H17N5O5. The number of carbonyl (C=O) groups is 1. The molecule has 0 aliphatic rings. The second-order valence-electron chi connectivity index (χ2n) is 6.52. The van der Waals surface area contributed by atoms with Crippen molar-refractivity contribution in [3.8, 4) is 17.4 Å².